The fourth-order valence-corrected chi connectivity index (χ4v) is 0.0781. The monoisotopic (exact) mass is 133 g/mol. The lowest BCUT2D eigenvalue weighted by atomic mass is 10.3. The number of rotatable bonds is 2. The molecule has 4 radical (unpaired) electrons. The second kappa shape index (κ2) is 4.76. The lowest BCUT2D eigenvalue weighted by Crippen LogP contribution is -2.33. The molecule has 0 aliphatic carbocycles. The Labute approximate surface area is 51.3 Å². The van der Waals surface area contributed by atoms with Crippen LogP contribution in [-0.2, 0) is 4.79 Å². The van der Waals surface area contributed by atoms with E-state index in [2.05, 4.69) is 0 Å². The summed E-state index contributed by atoms with van der Waals surface area (Å²) in [6.07, 6.45) is 0. The first-order valence-electron chi connectivity index (χ1n) is 1.77. The molecule has 0 aliphatic rings. The Bertz CT molecular complexity index is 76.9. The number of hydrogen-bond donors (Lipinski definition) is 3. The molecule has 0 rings (SSSR count). The topological polar surface area (TPSA) is 83.5 Å². The SMILES string of the molecule is N[C@@H](CO)C(=O)O.[Si]. The molecule has 0 heterocycles. The van der Waals surface area contributed by atoms with Crippen molar-refractivity contribution in [2.75, 3.05) is 6.61 Å². The highest BCUT2D eigenvalue weighted by Crippen LogP contribution is 1.71. The third kappa shape index (κ3) is 3.79. The van der Waals surface area contributed by atoms with Crippen LogP contribution in [0.15, 0.2) is 0 Å². The molecule has 0 aromatic rings. The van der Waals surface area contributed by atoms with Crippen LogP contribution in [0.4, 0.5) is 0 Å². The van der Waals surface area contributed by atoms with Gasteiger partial charge in [0, 0.05) is 11.0 Å². The molecule has 8 heavy (non-hydrogen) atoms. The van der Waals surface area contributed by atoms with Crippen LogP contribution in [0, 0.1) is 0 Å². The second-order valence-electron chi connectivity index (χ2n) is 1.13. The number of carboxylic acid groups (broad SMARTS) is 1. The number of carboxylic acids is 1. The lowest BCUT2D eigenvalue weighted by Gasteiger charge is -1.96. The standard InChI is InChI=1S/C3H7NO3.Si/c4-2(1-5)3(6)7;/h2,5H,1,4H2,(H,6,7);/t2-;/m0./s1. The van der Waals surface area contributed by atoms with Gasteiger partial charge in [-0.1, -0.05) is 0 Å². The van der Waals surface area contributed by atoms with Crippen molar-refractivity contribution in [3.8, 4) is 0 Å². The molecule has 0 aliphatic heterocycles. The zero-order valence-corrected chi connectivity index (χ0v) is 5.16. The predicted molar refractivity (Wildman–Crippen MR) is 28.5 cm³/mol. The van der Waals surface area contributed by atoms with Crippen LogP contribution >= 0.6 is 0 Å². The quantitative estimate of drug-likeness (QED) is 0.381. The van der Waals surface area contributed by atoms with Crippen LogP contribution in [-0.4, -0.2) is 39.8 Å². The number of aliphatic carboxylic acids is 1. The smallest absolute Gasteiger partial charge is 0.322 e. The van der Waals surface area contributed by atoms with E-state index in [1.807, 2.05) is 0 Å². The van der Waals surface area contributed by atoms with Crippen LogP contribution in [0.2, 0.25) is 0 Å². The van der Waals surface area contributed by atoms with Crippen LogP contribution in [0.5, 0.6) is 0 Å². The maximum Gasteiger partial charge on any atom is 0.322 e. The molecule has 0 amide bonds. The number of aliphatic hydroxyl groups excluding tert-OH is 1. The summed E-state index contributed by atoms with van der Waals surface area (Å²) >= 11 is 0. The van der Waals surface area contributed by atoms with E-state index in [9.17, 15) is 4.79 Å². The zero-order chi connectivity index (χ0) is 5.86. The Kier molecular flexibility index (Phi) is 6.28. The largest absolute Gasteiger partial charge is 0.480 e. The molecule has 0 bridgehead atoms. The van der Waals surface area contributed by atoms with E-state index in [1.165, 1.54) is 0 Å². The highest BCUT2D eigenvalue weighted by Gasteiger charge is 2.06. The molecule has 1 atom stereocenters. The average molecular weight is 133 g/mol. The molecular weight excluding hydrogens is 126 g/mol. The van der Waals surface area contributed by atoms with Gasteiger partial charge in [-0.3, -0.25) is 4.79 Å². The van der Waals surface area contributed by atoms with Crippen molar-refractivity contribution >= 4 is 16.9 Å². The van der Waals surface area contributed by atoms with Crippen LogP contribution in [0.25, 0.3) is 0 Å². The highest BCUT2D eigenvalue weighted by atomic mass is 28.1. The van der Waals surface area contributed by atoms with Crippen LogP contribution < -0.4 is 5.73 Å². The van der Waals surface area contributed by atoms with E-state index in [1.54, 1.807) is 0 Å². The normalized spacial score (nSPS) is 11.8. The summed E-state index contributed by atoms with van der Waals surface area (Å²) in [5.41, 5.74) is 4.77. The van der Waals surface area contributed by atoms with E-state index < -0.39 is 18.6 Å². The van der Waals surface area contributed by atoms with Gasteiger partial charge >= 0.3 is 5.97 Å². The Morgan fingerprint density at radius 1 is 1.75 bits per heavy atom. The van der Waals surface area contributed by atoms with Gasteiger partial charge in [0.1, 0.15) is 6.04 Å². The average Bonchev–Trinajstić information content (AvgIpc) is 1.65. The van der Waals surface area contributed by atoms with E-state index in [-0.39, 0.29) is 11.0 Å². The second-order valence-corrected chi connectivity index (χ2v) is 1.13. The van der Waals surface area contributed by atoms with Crippen molar-refractivity contribution < 1.29 is 15.0 Å². The minimum absolute atomic E-state index is 0. The zero-order valence-electron chi connectivity index (χ0n) is 4.16. The first-order chi connectivity index (χ1) is 3.18. The molecule has 0 fully saturated rings. The first kappa shape index (κ1) is 10.6. The van der Waals surface area contributed by atoms with E-state index in [4.69, 9.17) is 15.9 Å². The van der Waals surface area contributed by atoms with Crippen molar-refractivity contribution in [1.82, 2.24) is 0 Å². The summed E-state index contributed by atoms with van der Waals surface area (Å²) in [5.74, 6) is -1.18. The molecular formula is C3H7NO3Si. The number of nitrogens with two attached hydrogens (primary N) is 1. The van der Waals surface area contributed by atoms with Gasteiger partial charge in [0.25, 0.3) is 0 Å². The van der Waals surface area contributed by atoms with Crippen molar-refractivity contribution in [2.45, 2.75) is 6.04 Å². The molecule has 4 N–H and O–H groups in total. The third-order valence-electron chi connectivity index (χ3n) is 0.514. The van der Waals surface area contributed by atoms with Crippen molar-refractivity contribution in [3.63, 3.8) is 0 Å². The third-order valence-corrected chi connectivity index (χ3v) is 0.514. The van der Waals surface area contributed by atoms with Gasteiger partial charge < -0.3 is 15.9 Å². The maximum atomic E-state index is 9.65. The van der Waals surface area contributed by atoms with Gasteiger partial charge in [-0.2, -0.15) is 0 Å². The van der Waals surface area contributed by atoms with Crippen molar-refractivity contribution in [1.29, 1.82) is 0 Å². The number of carbonyl (C=O) groups is 1. The molecule has 0 saturated carbocycles. The Hall–Kier alpha value is -0.393. The van der Waals surface area contributed by atoms with Crippen molar-refractivity contribution in [2.24, 2.45) is 5.73 Å². The van der Waals surface area contributed by atoms with Crippen LogP contribution in [0.3, 0.4) is 0 Å². The highest BCUT2D eigenvalue weighted by molar-refractivity contribution is 5.75. The minimum atomic E-state index is -1.18. The molecule has 0 aromatic carbocycles. The van der Waals surface area contributed by atoms with E-state index >= 15 is 0 Å². The molecule has 0 aromatic heterocycles. The summed E-state index contributed by atoms with van der Waals surface area (Å²) in [6.45, 7) is -0.505. The predicted octanol–water partition coefficient (Wildman–Crippen LogP) is -1.99. The number of hydrogen-bond acceptors (Lipinski definition) is 3. The molecule has 0 saturated heterocycles. The van der Waals surface area contributed by atoms with Gasteiger partial charge in [0.05, 0.1) is 6.61 Å². The van der Waals surface area contributed by atoms with Gasteiger partial charge in [0.15, 0.2) is 0 Å². The minimum Gasteiger partial charge on any atom is -0.480 e. The lowest BCUT2D eigenvalue weighted by molar-refractivity contribution is -0.139. The Morgan fingerprint density at radius 3 is 2.12 bits per heavy atom. The molecule has 46 valence electrons. The fraction of sp³-hybridized carbons (Fsp3) is 0.667. The number of aliphatic hydroxyl groups is 1. The van der Waals surface area contributed by atoms with Gasteiger partial charge in [0.2, 0.25) is 0 Å². The summed E-state index contributed by atoms with van der Waals surface area (Å²) < 4.78 is 0. The fourth-order valence-electron chi connectivity index (χ4n) is 0.0781. The summed E-state index contributed by atoms with van der Waals surface area (Å²) in [4.78, 5) is 9.65. The molecule has 4 nitrogen and oxygen atoms in total. The van der Waals surface area contributed by atoms with Crippen LogP contribution in [0.1, 0.15) is 0 Å². The summed E-state index contributed by atoms with van der Waals surface area (Å²) in [6, 6.07) is -1.13. The first-order valence-corrected chi connectivity index (χ1v) is 1.77. The molecule has 0 unspecified atom stereocenters. The van der Waals surface area contributed by atoms with Gasteiger partial charge in [-0.25, -0.2) is 0 Å². The Balaban J connectivity index is 0. The maximum absolute atomic E-state index is 9.65. The van der Waals surface area contributed by atoms with E-state index in [0.29, 0.717) is 0 Å². The molecule has 5 heteroatoms. The van der Waals surface area contributed by atoms with Gasteiger partial charge in [-0.05, 0) is 0 Å². The van der Waals surface area contributed by atoms with E-state index in [0.717, 1.165) is 0 Å². The molecule has 0 spiro atoms. The summed E-state index contributed by atoms with van der Waals surface area (Å²) in [7, 11) is 0. The van der Waals surface area contributed by atoms with Gasteiger partial charge in [-0.15, -0.1) is 0 Å². The Morgan fingerprint density at radius 2 is 2.12 bits per heavy atom. The summed E-state index contributed by atoms with van der Waals surface area (Å²) in [5, 5.41) is 15.9. The van der Waals surface area contributed by atoms with Crippen molar-refractivity contribution in [3.05, 3.63) is 0 Å².